The molecule has 30 heavy (non-hydrogen) atoms. The maximum Gasteiger partial charge on any atom is 0.410 e. The van der Waals surface area contributed by atoms with E-state index in [-0.39, 0.29) is 24.3 Å². The molecule has 2 aliphatic rings. The number of piperidine rings is 1. The summed E-state index contributed by atoms with van der Waals surface area (Å²) in [6.45, 7) is 4.84. The highest BCUT2D eigenvalue weighted by Crippen LogP contribution is 2.42. The topological polar surface area (TPSA) is 50.2 Å². The molecule has 3 atom stereocenters. The van der Waals surface area contributed by atoms with Crippen molar-refractivity contribution in [3.63, 3.8) is 0 Å². The first-order chi connectivity index (χ1) is 14.2. The molecule has 5 nitrogen and oxygen atoms in total. The van der Waals surface area contributed by atoms with E-state index in [0.717, 1.165) is 28.7 Å². The Bertz CT molecular complexity index is 906. The SMILES string of the molecule is Cc1ccc(CC(=O)N2CCCC([C@@H]3C[C@H](C(F)(F)F)n4nc(C)cc4N3)C2)cc1. The summed E-state index contributed by atoms with van der Waals surface area (Å²) in [5, 5.41) is 7.31. The number of likely N-dealkylation sites (tertiary alicyclic amines) is 1. The first-order valence-corrected chi connectivity index (χ1v) is 10.4. The molecule has 1 aromatic carbocycles. The number of halogens is 3. The third kappa shape index (κ3) is 4.32. The number of hydrogen-bond acceptors (Lipinski definition) is 3. The van der Waals surface area contributed by atoms with Gasteiger partial charge in [0.2, 0.25) is 5.91 Å². The number of nitrogens with one attached hydrogen (secondary N) is 1. The number of alkyl halides is 3. The number of carbonyl (C=O) groups is 1. The van der Waals surface area contributed by atoms with Crippen molar-refractivity contribution in [3.05, 3.63) is 47.2 Å². The number of aromatic nitrogens is 2. The quantitative estimate of drug-likeness (QED) is 0.807. The summed E-state index contributed by atoms with van der Waals surface area (Å²) >= 11 is 0. The number of aryl methyl sites for hydroxylation is 2. The van der Waals surface area contributed by atoms with E-state index in [1.54, 1.807) is 13.0 Å². The van der Waals surface area contributed by atoms with Gasteiger partial charge in [0.1, 0.15) is 5.82 Å². The van der Waals surface area contributed by atoms with Crippen LogP contribution in [0.25, 0.3) is 0 Å². The summed E-state index contributed by atoms with van der Waals surface area (Å²) in [6.07, 6.45) is -2.49. The number of rotatable bonds is 3. The second kappa shape index (κ2) is 7.96. The predicted octanol–water partition coefficient (Wildman–Crippen LogP) is 4.27. The molecule has 1 aromatic heterocycles. The Labute approximate surface area is 174 Å². The molecule has 4 rings (SSSR count). The number of hydrogen-bond donors (Lipinski definition) is 1. The molecule has 1 fully saturated rings. The molecular weight excluding hydrogens is 393 g/mol. The fourth-order valence-electron chi connectivity index (χ4n) is 4.59. The summed E-state index contributed by atoms with van der Waals surface area (Å²) in [5.74, 6) is 0.427. The van der Waals surface area contributed by atoms with Gasteiger partial charge in [0, 0.05) is 25.2 Å². The van der Waals surface area contributed by atoms with Gasteiger partial charge in [-0.25, -0.2) is 4.68 Å². The van der Waals surface area contributed by atoms with Gasteiger partial charge >= 0.3 is 6.18 Å². The van der Waals surface area contributed by atoms with Gasteiger partial charge in [-0.2, -0.15) is 18.3 Å². The van der Waals surface area contributed by atoms with Crippen LogP contribution >= 0.6 is 0 Å². The Morgan fingerprint density at radius 1 is 1.23 bits per heavy atom. The van der Waals surface area contributed by atoms with Crippen LogP contribution in [0.1, 0.15) is 42.1 Å². The minimum Gasteiger partial charge on any atom is -0.367 e. The lowest BCUT2D eigenvalue weighted by Crippen LogP contribution is -2.49. The van der Waals surface area contributed by atoms with Crippen LogP contribution in [-0.2, 0) is 11.2 Å². The molecule has 0 saturated carbocycles. The van der Waals surface area contributed by atoms with Gasteiger partial charge in [-0.1, -0.05) is 29.8 Å². The highest BCUT2D eigenvalue weighted by Gasteiger charge is 2.47. The second-order valence-corrected chi connectivity index (χ2v) is 8.56. The minimum absolute atomic E-state index is 0.0190. The minimum atomic E-state index is -4.36. The maximum absolute atomic E-state index is 13.7. The Morgan fingerprint density at radius 2 is 1.97 bits per heavy atom. The number of amides is 1. The van der Waals surface area contributed by atoms with Gasteiger partial charge in [0.05, 0.1) is 12.1 Å². The molecule has 2 aliphatic heterocycles. The highest BCUT2D eigenvalue weighted by molar-refractivity contribution is 5.78. The standard InChI is InChI=1S/C22H27F3N4O/c1-14-5-7-16(8-6-14)11-21(30)28-9-3-4-17(13-28)18-12-19(22(23,24)25)29-20(26-18)10-15(2)27-29/h5-8,10,17-19,26H,3-4,9,11-13H2,1-2H3/t17?,18-,19+/m0/s1. The van der Waals surface area contributed by atoms with E-state index in [1.807, 2.05) is 36.1 Å². The summed E-state index contributed by atoms with van der Waals surface area (Å²) < 4.78 is 42.1. The smallest absolute Gasteiger partial charge is 0.367 e. The summed E-state index contributed by atoms with van der Waals surface area (Å²) in [4.78, 5) is 14.6. The lowest BCUT2D eigenvalue weighted by Gasteiger charge is -2.41. The lowest BCUT2D eigenvalue weighted by atomic mass is 9.85. The average molecular weight is 420 g/mol. The number of anilines is 1. The number of fused-ring (bicyclic) bond motifs is 1. The Morgan fingerprint density at radius 3 is 2.67 bits per heavy atom. The first kappa shape index (κ1) is 20.8. The fourth-order valence-corrected chi connectivity index (χ4v) is 4.59. The summed E-state index contributed by atoms with van der Waals surface area (Å²) in [5.41, 5.74) is 2.66. The van der Waals surface area contributed by atoms with E-state index >= 15 is 0 Å². The van der Waals surface area contributed by atoms with Crippen LogP contribution < -0.4 is 5.32 Å². The Balaban J connectivity index is 1.46. The highest BCUT2D eigenvalue weighted by atomic mass is 19.4. The van der Waals surface area contributed by atoms with Crippen molar-refractivity contribution < 1.29 is 18.0 Å². The van der Waals surface area contributed by atoms with E-state index in [0.29, 0.717) is 31.0 Å². The zero-order valence-electron chi connectivity index (χ0n) is 17.2. The van der Waals surface area contributed by atoms with Crippen molar-refractivity contribution in [2.75, 3.05) is 18.4 Å². The largest absolute Gasteiger partial charge is 0.410 e. The van der Waals surface area contributed by atoms with E-state index in [2.05, 4.69) is 10.4 Å². The van der Waals surface area contributed by atoms with E-state index < -0.39 is 12.2 Å². The predicted molar refractivity (Wildman–Crippen MR) is 108 cm³/mol. The van der Waals surface area contributed by atoms with E-state index in [9.17, 15) is 18.0 Å². The van der Waals surface area contributed by atoms with Gasteiger partial charge in [-0.3, -0.25) is 4.79 Å². The molecule has 8 heteroatoms. The van der Waals surface area contributed by atoms with Gasteiger partial charge in [-0.15, -0.1) is 0 Å². The van der Waals surface area contributed by atoms with E-state index in [4.69, 9.17) is 0 Å². The van der Waals surface area contributed by atoms with Crippen molar-refractivity contribution in [2.45, 2.75) is 57.8 Å². The molecule has 0 bridgehead atoms. The van der Waals surface area contributed by atoms with Crippen LogP contribution in [-0.4, -0.2) is 45.9 Å². The second-order valence-electron chi connectivity index (χ2n) is 8.56. The average Bonchev–Trinajstić information content (AvgIpc) is 3.08. The monoisotopic (exact) mass is 420 g/mol. The number of nitrogens with zero attached hydrogens (tertiary/aromatic N) is 3. The summed E-state index contributed by atoms with van der Waals surface area (Å²) in [6, 6.07) is 7.56. The molecule has 0 spiro atoms. The Hall–Kier alpha value is -2.51. The molecule has 1 amide bonds. The van der Waals surface area contributed by atoms with Crippen molar-refractivity contribution in [2.24, 2.45) is 5.92 Å². The molecule has 2 aromatic rings. The number of carbonyl (C=O) groups excluding carboxylic acids is 1. The van der Waals surface area contributed by atoms with Crippen LogP contribution in [0.3, 0.4) is 0 Å². The molecule has 1 N–H and O–H groups in total. The van der Waals surface area contributed by atoms with Crippen molar-refractivity contribution in [1.29, 1.82) is 0 Å². The fraction of sp³-hybridized carbons (Fsp3) is 0.545. The van der Waals surface area contributed by atoms with Gasteiger partial charge in [0.15, 0.2) is 6.04 Å². The molecule has 0 radical (unpaired) electrons. The molecular formula is C22H27F3N4O. The molecule has 162 valence electrons. The number of benzene rings is 1. The molecule has 3 heterocycles. The van der Waals surface area contributed by atoms with Crippen molar-refractivity contribution >= 4 is 11.7 Å². The van der Waals surface area contributed by atoms with Crippen LogP contribution in [0.2, 0.25) is 0 Å². The van der Waals surface area contributed by atoms with Crippen LogP contribution in [0.15, 0.2) is 30.3 Å². The van der Waals surface area contributed by atoms with Gasteiger partial charge in [0.25, 0.3) is 0 Å². The van der Waals surface area contributed by atoms with Crippen LogP contribution in [0.5, 0.6) is 0 Å². The Kier molecular flexibility index (Phi) is 5.51. The molecule has 1 unspecified atom stereocenters. The van der Waals surface area contributed by atoms with Crippen molar-refractivity contribution in [3.8, 4) is 0 Å². The van der Waals surface area contributed by atoms with Gasteiger partial charge in [-0.05, 0) is 44.6 Å². The lowest BCUT2D eigenvalue weighted by molar-refractivity contribution is -0.175. The summed E-state index contributed by atoms with van der Waals surface area (Å²) in [7, 11) is 0. The van der Waals surface area contributed by atoms with Crippen LogP contribution in [0, 0.1) is 19.8 Å². The third-order valence-corrected chi connectivity index (χ3v) is 6.20. The first-order valence-electron chi connectivity index (χ1n) is 10.4. The molecule has 0 aliphatic carbocycles. The molecule has 1 saturated heterocycles. The zero-order chi connectivity index (χ0) is 21.5. The normalized spacial score (nSPS) is 24.3. The van der Waals surface area contributed by atoms with E-state index in [1.165, 1.54) is 0 Å². The zero-order valence-corrected chi connectivity index (χ0v) is 17.2. The van der Waals surface area contributed by atoms with Crippen molar-refractivity contribution in [1.82, 2.24) is 14.7 Å². The maximum atomic E-state index is 13.7. The third-order valence-electron chi connectivity index (χ3n) is 6.20. The van der Waals surface area contributed by atoms with Crippen LogP contribution in [0.4, 0.5) is 19.0 Å². The van der Waals surface area contributed by atoms with Gasteiger partial charge < -0.3 is 10.2 Å².